The number of aromatic nitrogens is 3. The number of hydrogen-bond acceptors (Lipinski definition) is 4. The van der Waals surface area contributed by atoms with Crippen LogP contribution in [0.15, 0.2) is 24.5 Å². The van der Waals surface area contributed by atoms with Crippen molar-refractivity contribution >= 4 is 0 Å². The maximum Gasteiger partial charge on any atom is 0.122 e. The van der Waals surface area contributed by atoms with Gasteiger partial charge in [0.05, 0.1) is 19.0 Å². The predicted octanol–water partition coefficient (Wildman–Crippen LogP) is 1.42. The van der Waals surface area contributed by atoms with Gasteiger partial charge in [-0.1, -0.05) is 0 Å². The highest BCUT2D eigenvalue weighted by Crippen LogP contribution is 2.13. The summed E-state index contributed by atoms with van der Waals surface area (Å²) in [6.45, 7) is 3.46. The molecule has 0 radical (unpaired) electrons. The molecule has 1 N–H and O–H groups in total. The number of aryl methyl sites for hydroxylation is 2. The zero-order chi connectivity index (χ0) is 13.0. The molecule has 5 nitrogen and oxygen atoms in total. The SMILES string of the molecule is COc1cc(C)nc(CNCc2cnn(C)c2)c1. The first-order valence-electron chi connectivity index (χ1n) is 5.87. The van der Waals surface area contributed by atoms with Crippen LogP contribution in [0.5, 0.6) is 5.75 Å². The summed E-state index contributed by atoms with van der Waals surface area (Å²) in [5, 5.41) is 7.46. The monoisotopic (exact) mass is 246 g/mol. The van der Waals surface area contributed by atoms with Crippen molar-refractivity contribution < 1.29 is 4.74 Å². The lowest BCUT2D eigenvalue weighted by atomic mass is 10.3. The molecule has 0 aromatic carbocycles. The van der Waals surface area contributed by atoms with Gasteiger partial charge in [0.15, 0.2) is 0 Å². The van der Waals surface area contributed by atoms with Crippen molar-refractivity contribution in [2.24, 2.45) is 7.05 Å². The van der Waals surface area contributed by atoms with E-state index in [0.29, 0.717) is 6.54 Å². The molecule has 0 unspecified atom stereocenters. The van der Waals surface area contributed by atoms with Gasteiger partial charge in [-0.25, -0.2) is 0 Å². The van der Waals surface area contributed by atoms with Crippen LogP contribution in [0.4, 0.5) is 0 Å². The van der Waals surface area contributed by atoms with E-state index in [9.17, 15) is 0 Å². The van der Waals surface area contributed by atoms with Crippen LogP contribution in [-0.2, 0) is 20.1 Å². The van der Waals surface area contributed by atoms with Crippen molar-refractivity contribution in [2.45, 2.75) is 20.0 Å². The molecule has 0 saturated carbocycles. The van der Waals surface area contributed by atoms with Gasteiger partial charge in [0, 0.05) is 49.7 Å². The van der Waals surface area contributed by atoms with Crippen molar-refractivity contribution in [3.05, 3.63) is 41.5 Å². The minimum Gasteiger partial charge on any atom is -0.497 e. The summed E-state index contributed by atoms with van der Waals surface area (Å²) in [6, 6.07) is 3.87. The largest absolute Gasteiger partial charge is 0.497 e. The highest BCUT2D eigenvalue weighted by atomic mass is 16.5. The molecule has 0 aliphatic carbocycles. The Bertz CT molecular complexity index is 521. The molecule has 0 aliphatic rings. The lowest BCUT2D eigenvalue weighted by molar-refractivity contribution is 0.412. The van der Waals surface area contributed by atoms with Gasteiger partial charge >= 0.3 is 0 Å². The van der Waals surface area contributed by atoms with E-state index in [1.54, 1.807) is 11.8 Å². The summed E-state index contributed by atoms with van der Waals surface area (Å²) in [4.78, 5) is 4.45. The van der Waals surface area contributed by atoms with E-state index in [-0.39, 0.29) is 0 Å². The Balaban J connectivity index is 1.91. The molecule has 0 spiro atoms. The van der Waals surface area contributed by atoms with Crippen molar-refractivity contribution in [1.29, 1.82) is 0 Å². The second-order valence-corrected chi connectivity index (χ2v) is 4.27. The first-order valence-corrected chi connectivity index (χ1v) is 5.87. The highest BCUT2D eigenvalue weighted by molar-refractivity contribution is 5.26. The van der Waals surface area contributed by atoms with Crippen LogP contribution >= 0.6 is 0 Å². The van der Waals surface area contributed by atoms with E-state index in [1.165, 1.54) is 0 Å². The smallest absolute Gasteiger partial charge is 0.122 e. The number of ether oxygens (including phenoxy) is 1. The molecule has 0 bridgehead atoms. The average molecular weight is 246 g/mol. The Morgan fingerprint density at radius 3 is 2.83 bits per heavy atom. The third kappa shape index (κ3) is 3.30. The van der Waals surface area contributed by atoms with E-state index >= 15 is 0 Å². The minimum atomic E-state index is 0.715. The number of pyridine rings is 1. The fourth-order valence-electron chi connectivity index (χ4n) is 1.81. The van der Waals surface area contributed by atoms with Crippen LogP contribution in [-0.4, -0.2) is 21.9 Å². The van der Waals surface area contributed by atoms with Crippen LogP contribution in [0.1, 0.15) is 17.0 Å². The number of rotatable bonds is 5. The molecule has 2 aromatic heterocycles. The van der Waals surface area contributed by atoms with Crippen molar-refractivity contribution in [2.75, 3.05) is 7.11 Å². The van der Waals surface area contributed by atoms with Gasteiger partial charge < -0.3 is 10.1 Å². The van der Waals surface area contributed by atoms with E-state index in [2.05, 4.69) is 15.4 Å². The molecular weight excluding hydrogens is 228 g/mol. The third-order valence-electron chi connectivity index (χ3n) is 2.61. The fraction of sp³-hybridized carbons (Fsp3) is 0.385. The topological polar surface area (TPSA) is 52.0 Å². The molecular formula is C13H18N4O. The molecule has 0 atom stereocenters. The second kappa shape index (κ2) is 5.64. The molecule has 0 amide bonds. The third-order valence-corrected chi connectivity index (χ3v) is 2.61. The van der Waals surface area contributed by atoms with Crippen LogP contribution in [0.25, 0.3) is 0 Å². The standard InChI is InChI=1S/C13H18N4O/c1-10-4-13(18-3)5-12(16-10)8-14-6-11-7-15-17(2)9-11/h4-5,7,9,14H,6,8H2,1-3H3. The molecule has 5 heteroatoms. The van der Waals surface area contributed by atoms with Crippen molar-refractivity contribution in [3.8, 4) is 5.75 Å². The maximum absolute atomic E-state index is 5.22. The Morgan fingerprint density at radius 1 is 1.33 bits per heavy atom. The van der Waals surface area contributed by atoms with Crippen molar-refractivity contribution in [1.82, 2.24) is 20.1 Å². The summed E-state index contributed by atoms with van der Waals surface area (Å²) < 4.78 is 7.02. The van der Waals surface area contributed by atoms with Gasteiger partial charge in [-0.05, 0) is 6.92 Å². The van der Waals surface area contributed by atoms with E-state index in [0.717, 1.165) is 29.2 Å². The molecule has 0 saturated heterocycles. The summed E-state index contributed by atoms with van der Waals surface area (Å²) in [7, 11) is 3.58. The van der Waals surface area contributed by atoms with Gasteiger partial charge in [-0.2, -0.15) is 5.10 Å². The fourth-order valence-corrected chi connectivity index (χ4v) is 1.81. The van der Waals surface area contributed by atoms with Gasteiger partial charge in [-0.15, -0.1) is 0 Å². The lowest BCUT2D eigenvalue weighted by Crippen LogP contribution is -2.13. The normalized spacial score (nSPS) is 10.6. The molecule has 0 fully saturated rings. The number of hydrogen-bond donors (Lipinski definition) is 1. The Kier molecular flexibility index (Phi) is 3.94. The minimum absolute atomic E-state index is 0.715. The summed E-state index contributed by atoms with van der Waals surface area (Å²) in [5.41, 5.74) is 3.11. The molecule has 96 valence electrons. The van der Waals surface area contributed by atoms with Gasteiger partial charge in [-0.3, -0.25) is 9.67 Å². The van der Waals surface area contributed by atoms with Crippen LogP contribution in [0.3, 0.4) is 0 Å². The lowest BCUT2D eigenvalue weighted by Gasteiger charge is -2.06. The van der Waals surface area contributed by atoms with Crippen LogP contribution in [0, 0.1) is 6.92 Å². The van der Waals surface area contributed by atoms with Gasteiger partial charge in [0.1, 0.15) is 5.75 Å². The zero-order valence-corrected chi connectivity index (χ0v) is 11.0. The maximum atomic E-state index is 5.22. The number of nitrogens with zero attached hydrogens (tertiary/aromatic N) is 3. The van der Waals surface area contributed by atoms with E-state index in [4.69, 9.17) is 4.74 Å². The first kappa shape index (κ1) is 12.6. The molecule has 2 heterocycles. The molecule has 2 rings (SSSR count). The van der Waals surface area contributed by atoms with Crippen molar-refractivity contribution in [3.63, 3.8) is 0 Å². The predicted molar refractivity (Wildman–Crippen MR) is 69.3 cm³/mol. The van der Waals surface area contributed by atoms with E-state index in [1.807, 2.05) is 38.5 Å². The quantitative estimate of drug-likeness (QED) is 0.867. The Hall–Kier alpha value is -1.88. The van der Waals surface area contributed by atoms with Gasteiger partial charge in [0.25, 0.3) is 0 Å². The van der Waals surface area contributed by atoms with Crippen LogP contribution in [0.2, 0.25) is 0 Å². The molecule has 18 heavy (non-hydrogen) atoms. The zero-order valence-electron chi connectivity index (χ0n) is 11.0. The second-order valence-electron chi connectivity index (χ2n) is 4.27. The summed E-state index contributed by atoms with van der Waals surface area (Å²) in [5.74, 6) is 0.848. The van der Waals surface area contributed by atoms with Crippen LogP contribution < -0.4 is 10.1 Å². The summed E-state index contributed by atoms with van der Waals surface area (Å²) in [6.07, 6.45) is 3.86. The first-order chi connectivity index (χ1) is 8.67. The average Bonchev–Trinajstić information content (AvgIpc) is 2.74. The molecule has 0 aliphatic heterocycles. The summed E-state index contributed by atoms with van der Waals surface area (Å²) >= 11 is 0. The number of methoxy groups -OCH3 is 1. The van der Waals surface area contributed by atoms with E-state index < -0.39 is 0 Å². The van der Waals surface area contributed by atoms with Gasteiger partial charge in [0.2, 0.25) is 0 Å². The highest BCUT2D eigenvalue weighted by Gasteiger charge is 2.01. The number of nitrogens with one attached hydrogen (secondary N) is 1. The Morgan fingerprint density at radius 2 is 2.17 bits per heavy atom. The Labute approximate surface area is 107 Å². The molecule has 2 aromatic rings.